The monoisotopic (exact) mass is 274 g/mol. The second-order valence-electron chi connectivity index (χ2n) is 5.64. The molecule has 2 heterocycles. The van der Waals surface area contributed by atoms with Gasteiger partial charge in [-0.05, 0) is 33.6 Å². The first-order valence-electron chi connectivity index (χ1n) is 7.64. The summed E-state index contributed by atoms with van der Waals surface area (Å²) >= 11 is 0. The molecule has 0 saturated carbocycles. The first kappa shape index (κ1) is 15.0. The Morgan fingerprint density at radius 2 is 2.05 bits per heavy atom. The van der Waals surface area contributed by atoms with Crippen LogP contribution in [0.25, 0.3) is 5.65 Å². The molecular formula is C16H26N4. The molecule has 0 spiro atoms. The summed E-state index contributed by atoms with van der Waals surface area (Å²) in [5.41, 5.74) is 4.34. The van der Waals surface area contributed by atoms with Crippen molar-refractivity contribution < 1.29 is 0 Å². The molecule has 1 N–H and O–H groups in total. The lowest BCUT2D eigenvalue weighted by Crippen LogP contribution is -2.31. The molecule has 4 nitrogen and oxygen atoms in total. The molecule has 20 heavy (non-hydrogen) atoms. The minimum absolute atomic E-state index is 0.299. The maximum atomic E-state index is 4.52. The van der Waals surface area contributed by atoms with Crippen molar-refractivity contribution in [1.29, 1.82) is 0 Å². The van der Waals surface area contributed by atoms with E-state index < -0.39 is 0 Å². The highest BCUT2D eigenvalue weighted by atomic mass is 15.3. The van der Waals surface area contributed by atoms with Crippen LogP contribution in [0.4, 0.5) is 0 Å². The zero-order valence-corrected chi connectivity index (χ0v) is 13.3. The van der Waals surface area contributed by atoms with E-state index in [1.165, 1.54) is 24.1 Å². The Morgan fingerprint density at radius 1 is 1.30 bits per heavy atom. The molecule has 2 rings (SSSR count). The number of rotatable bonds is 6. The van der Waals surface area contributed by atoms with Crippen LogP contribution in [0.15, 0.2) is 12.3 Å². The fraction of sp³-hybridized carbons (Fsp3) is 0.625. The molecule has 110 valence electrons. The second kappa shape index (κ2) is 6.35. The van der Waals surface area contributed by atoms with Crippen molar-refractivity contribution in [1.82, 2.24) is 19.9 Å². The van der Waals surface area contributed by atoms with E-state index in [1.54, 1.807) is 0 Å². The summed E-state index contributed by atoms with van der Waals surface area (Å²) in [5, 5.41) is 8.23. The van der Waals surface area contributed by atoms with Crippen LogP contribution in [0, 0.1) is 13.8 Å². The Bertz CT molecular complexity index is 573. The van der Waals surface area contributed by atoms with E-state index in [0.717, 1.165) is 17.8 Å². The molecule has 0 bridgehead atoms. The third-order valence-electron chi connectivity index (χ3n) is 3.97. The normalized spacial score (nSPS) is 14.7. The Morgan fingerprint density at radius 3 is 2.70 bits per heavy atom. The third-order valence-corrected chi connectivity index (χ3v) is 3.97. The van der Waals surface area contributed by atoms with Gasteiger partial charge < -0.3 is 5.32 Å². The summed E-state index contributed by atoms with van der Waals surface area (Å²) in [7, 11) is 0. The predicted octanol–water partition coefficient (Wildman–Crippen LogP) is 3.58. The maximum absolute atomic E-state index is 4.52. The van der Waals surface area contributed by atoms with Crippen LogP contribution in [0.2, 0.25) is 0 Å². The van der Waals surface area contributed by atoms with Gasteiger partial charge >= 0.3 is 0 Å². The van der Waals surface area contributed by atoms with E-state index in [4.69, 9.17) is 0 Å². The molecule has 2 unspecified atom stereocenters. The lowest BCUT2D eigenvalue weighted by Gasteiger charge is -2.23. The van der Waals surface area contributed by atoms with Crippen LogP contribution in [-0.2, 0) is 0 Å². The summed E-state index contributed by atoms with van der Waals surface area (Å²) in [4.78, 5) is 4.52. The van der Waals surface area contributed by atoms with Gasteiger partial charge in [0.1, 0.15) is 0 Å². The summed E-state index contributed by atoms with van der Waals surface area (Å²) in [6.45, 7) is 10.8. The molecular weight excluding hydrogens is 248 g/mol. The van der Waals surface area contributed by atoms with Gasteiger partial charge in [0.2, 0.25) is 0 Å². The van der Waals surface area contributed by atoms with Gasteiger partial charge in [0.05, 0.1) is 5.69 Å². The number of hydrogen-bond donors (Lipinski definition) is 1. The molecule has 0 amide bonds. The predicted molar refractivity (Wildman–Crippen MR) is 83.0 cm³/mol. The molecule has 0 radical (unpaired) electrons. The van der Waals surface area contributed by atoms with E-state index in [-0.39, 0.29) is 0 Å². The van der Waals surface area contributed by atoms with Gasteiger partial charge in [0, 0.05) is 35.6 Å². The van der Waals surface area contributed by atoms with Gasteiger partial charge in [-0.3, -0.25) is 0 Å². The van der Waals surface area contributed by atoms with E-state index in [0.29, 0.717) is 12.1 Å². The molecule has 2 aromatic rings. The molecule has 4 heteroatoms. The second-order valence-corrected chi connectivity index (χ2v) is 5.64. The number of aryl methyl sites for hydroxylation is 2. The molecule has 2 atom stereocenters. The third kappa shape index (κ3) is 3.01. The molecule has 0 aliphatic carbocycles. The van der Waals surface area contributed by atoms with Gasteiger partial charge in [-0.1, -0.05) is 20.3 Å². The van der Waals surface area contributed by atoms with Crippen molar-refractivity contribution >= 4 is 5.65 Å². The van der Waals surface area contributed by atoms with Gasteiger partial charge in [0.25, 0.3) is 0 Å². The summed E-state index contributed by atoms with van der Waals surface area (Å²) in [6.07, 6.45) is 5.58. The first-order chi connectivity index (χ1) is 9.56. The summed E-state index contributed by atoms with van der Waals surface area (Å²) in [5.74, 6) is 0. The van der Waals surface area contributed by atoms with Crippen LogP contribution in [0.5, 0.6) is 0 Å². The maximum Gasteiger partial charge on any atom is 0.155 e. The van der Waals surface area contributed by atoms with Gasteiger partial charge in [-0.25, -0.2) is 9.50 Å². The average molecular weight is 274 g/mol. The molecule has 0 aliphatic heterocycles. The molecule has 2 aromatic heterocycles. The molecule has 0 aromatic carbocycles. The fourth-order valence-electron chi connectivity index (χ4n) is 2.80. The highest BCUT2D eigenvalue weighted by Crippen LogP contribution is 2.19. The SMILES string of the molecule is CCCC(CC)NC(C)c1cnc2cc(C)nn2c1C. The topological polar surface area (TPSA) is 42.2 Å². The lowest BCUT2D eigenvalue weighted by molar-refractivity contribution is 0.414. The van der Waals surface area contributed by atoms with Crippen molar-refractivity contribution in [3.63, 3.8) is 0 Å². The minimum atomic E-state index is 0.299. The zero-order chi connectivity index (χ0) is 14.7. The van der Waals surface area contributed by atoms with Crippen LogP contribution >= 0.6 is 0 Å². The number of aromatic nitrogens is 3. The van der Waals surface area contributed by atoms with Crippen LogP contribution in [0.3, 0.4) is 0 Å². The number of nitrogens with one attached hydrogen (secondary N) is 1. The van der Waals surface area contributed by atoms with E-state index in [2.05, 4.69) is 43.1 Å². The number of fused-ring (bicyclic) bond motifs is 1. The number of hydrogen-bond acceptors (Lipinski definition) is 3. The Balaban J connectivity index is 2.25. The van der Waals surface area contributed by atoms with E-state index in [9.17, 15) is 0 Å². The van der Waals surface area contributed by atoms with Crippen molar-refractivity contribution in [2.45, 2.75) is 66.0 Å². The molecule has 0 saturated heterocycles. The van der Waals surface area contributed by atoms with E-state index >= 15 is 0 Å². The standard InChI is InChI=1S/C16H26N4/c1-6-8-14(7-2)18-12(4)15-10-17-16-9-11(3)19-20(16)13(15)5/h9-10,12,14,18H,6-8H2,1-5H3. The van der Waals surface area contributed by atoms with Gasteiger partial charge in [-0.2, -0.15) is 5.10 Å². The first-order valence-corrected chi connectivity index (χ1v) is 7.64. The van der Waals surface area contributed by atoms with Crippen molar-refractivity contribution in [3.8, 4) is 0 Å². The van der Waals surface area contributed by atoms with Crippen molar-refractivity contribution in [2.24, 2.45) is 0 Å². The summed E-state index contributed by atoms with van der Waals surface area (Å²) in [6, 6.07) is 2.89. The molecule has 0 fully saturated rings. The van der Waals surface area contributed by atoms with Crippen molar-refractivity contribution in [2.75, 3.05) is 0 Å². The van der Waals surface area contributed by atoms with E-state index in [1.807, 2.05) is 23.7 Å². The van der Waals surface area contributed by atoms with Crippen LogP contribution in [-0.4, -0.2) is 20.6 Å². The Kier molecular flexibility index (Phi) is 4.76. The highest BCUT2D eigenvalue weighted by molar-refractivity contribution is 5.42. The number of nitrogens with zero attached hydrogens (tertiary/aromatic N) is 3. The van der Waals surface area contributed by atoms with Crippen LogP contribution in [0.1, 0.15) is 63.0 Å². The highest BCUT2D eigenvalue weighted by Gasteiger charge is 2.15. The van der Waals surface area contributed by atoms with Crippen molar-refractivity contribution in [3.05, 3.63) is 29.2 Å². The quantitative estimate of drug-likeness (QED) is 0.875. The lowest BCUT2D eigenvalue weighted by atomic mass is 10.0. The Hall–Kier alpha value is -1.42. The average Bonchev–Trinajstić information content (AvgIpc) is 2.80. The minimum Gasteiger partial charge on any atom is -0.307 e. The largest absolute Gasteiger partial charge is 0.307 e. The van der Waals surface area contributed by atoms with Gasteiger partial charge in [-0.15, -0.1) is 0 Å². The molecule has 0 aliphatic rings. The summed E-state index contributed by atoms with van der Waals surface area (Å²) < 4.78 is 1.95. The zero-order valence-electron chi connectivity index (χ0n) is 13.3. The van der Waals surface area contributed by atoms with Gasteiger partial charge in [0.15, 0.2) is 5.65 Å². The van der Waals surface area contributed by atoms with Crippen LogP contribution < -0.4 is 5.32 Å². The smallest absolute Gasteiger partial charge is 0.155 e. The Labute approximate surface area is 121 Å². The fourth-order valence-corrected chi connectivity index (χ4v) is 2.80.